The molecule has 0 aliphatic heterocycles. The van der Waals surface area contributed by atoms with Gasteiger partial charge in [0.05, 0.1) is 17.8 Å². The number of thiophene rings is 1. The third-order valence-corrected chi connectivity index (χ3v) is 4.64. The van der Waals surface area contributed by atoms with Crippen LogP contribution < -0.4 is 5.32 Å². The Bertz CT molecular complexity index is 517. The highest BCUT2D eigenvalue weighted by Gasteiger charge is 2.17. The van der Waals surface area contributed by atoms with Crippen molar-refractivity contribution in [2.45, 2.75) is 44.4 Å². The van der Waals surface area contributed by atoms with Gasteiger partial charge in [0.1, 0.15) is 0 Å². The zero-order chi connectivity index (χ0) is 13.8. The molecule has 0 spiro atoms. The Balaban J connectivity index is 1.46. The van der Waals surface area contributed by atoms with Gasteiger partial charge in [0.25, 0.3) is 0 Å². The van der Waals surface area contributed by atoms with Crippen LogP contribution in [0.2, 0.25) is 0 Å². The minimum Gasteiger partial charge on any atom is -0.387 e. The largest absolute Gasteiger partial charge is 0.387 e. The van der Waals surface area contributed by atoms with Crippen molar-refractivity contribution in [2.24, 2.45) is 0 Å². The first kappa shape index (κ1) is 13.8. The lowest BCUT2D eigenvalue weighted by Gasteiger charge is -2.10. The van der Waals surface area contributed by atoms with Crippen molar-refractivity contribution in [1.29, 1.82) is 0 Å². The van der Waals surface area contributed by atoms with Gasteiger partial charge in [-0.1, -0.05) is 12.8 Å². The molecular formula is C15H21N3OS. The first-order valence-corrected chi connectivity index (χ1v) is 8.22. The molecule has 2 aromatic rings. The van der Waals surface area contributed by atoms with Crippen LogP contribution in [0.3, 0.4) is 0 Å². The van der Waals surface area contributed by atoms with Gasteiger partial charge in [-0.05, 0) is 41.3 Å². The molecule has 0 saturated heterocycles. The van der Waals surface area contributed by atoms with Gasteiger partial charge in [0.15, 0.2) is 0 Å². The SMILES string of the molecule is OC(CNCc1ccn(C2CCCC2)n1)c1ccsc1. The Morgan fingerprint density at radius 1 is 1.40 bits per heavy atom. The first-order valence-electron chi connectivity index (χ1n) is 7.28. The molecule has 1 atom stereocenters. The van der Waals surface area contributed by atoms with Crippen LogP contribution in [0.4, 0.5) is 0 Å². The van der Waals surface area contributed by atoms with E-state index in [1.807, 2.05) is 16.8 Å². The number of aliphatic hydroxyl groups is 1. The Kier molecular flexibility index (Phi) is 4.50. The van der Waals surface area contributed by atoms with Crippen molar-refractivity contribution in [3.63, 3.8) is 0 Å². The summed E-state index contributed by atoms with van der Waals surface area (Å²) in [4.78, 5) is 0. The number of rotatable bonds is 6. The number of hydrogen-bond donors (Lipinski definition) is 2. The molecule has 5 heteroatoms. The second-order valence-electron chi connectivity index (χ2n) is 5.43. The molecule has 20 heavy (non-hydrogen) atoms. The minimum atomic E-state index is -0.432. The lowest BCUT2D eigenvalue weighted by atomic mass is 10.2. The van der Waals surface area contributed by atoms with Crippen LogP contribution in [0, 0.1) is 0 Å². The lowest BCUT2D eigenvalue weighted by Crippen LogP contribution is -2.21. The molecule has 1 unspecified atom stereocenters. The topological polar surface area (TPSA) is 50.1 Å². The van der Waals surface area contributed by atoms with Gasteiger partial charge in [-0.3, -0.25) is 4.68 Å². The summed E-state index contributed by atoms with van der Waals surface area (Å²) in [7, 11) is 0. The number of aromatic nitrogens is 2. The van der Waals surface area contributed by atoms with Crippen LogP contribution in [0.1, 0.15) is 49.1 Å². The van der Waals surface area contributed by atoms with Gasteiger partial charge in [-0.2, -0.15) is 16.4 Å². The van der Waals surface area contributed by atoms with Crippen molar-refractivity contribution in [2.75, 3.05) is 6.54 Å². The summed E-state index contributed by atoms with van der Waals surface area (Å²) in [6.45, 7) is 1.27. The molecule has 1 fully saturated rings. The number of nitrogens with one attached hydrogen (secondary N) is 1. The highest BCUT2D eigenvalue weighted by Crippen LogP contribution is 2.28. The third kappa shape index (κ3) is 3.29. The minimum absolute atomic E-state index is 0.432. The lowest BCUT2D eigenvalue weighted by molar-refractivity contribution is 0.174. The Morgan fingerprint density at radius 2 is 2.25 bits per heavy atom. The highest BCUT2D eigenvalue weighted by atomic mass is 32.1. The molecule has 2 aromatic heterocycles. The molecule has 1 aliphatic rings. The fourth-order valence-electron chi connectivity index (χ4n) is 2.76. The number of aliphatic hydroxyl groups excluding tert-OH is 1. The van der Waals surface area contributed by atoms with Crippen molar-refractivity contribution in [1.82, 2.24) is 15.1 Å². The summed E-state index contributed by atoms with van der Waals surface area (Å²) < 4.78 is 2.11. The predicted molar refractivity (Wildman–Crippen MR) is 80.7 cm³/mol. The van der Waals surface area contributed by atoms with Crippen LogP contribution in [0.15, 0.2) is 29.1 Å². The average Bonchev–Trinajstić information content (AvgIpc) is 3.20. The van der Waals surface area contributed by atoms with Gasteiger partial charge < -0.3 is 10.4 Å². The molecular weight excluding hydrogens is 270 g/mol. The van der Waals surface area contributed by atoms with E-state index >= 15 is 0 Å². The standard InChI is InChI=1S/C15H21N3OS/c19-15(12-6-8-20-11-12)10-16-9-13-5-7-18(17-13)14-3-1-2-4-14/h5-8,11,14-16,19H,1-4,9-10H2. The molecule has 0 amide bonds. The molecule has 0 radical (unpaired) electrons. The van der Waals surface area contributed by atoms with Crippen molar-refractivity contribution >= 4 is 11.3 Å². The van der Waals surface area contributed by atoms with Crippen LogP contribution in [0.5, 0.6) is 0 Å². The van der Waals surface area contributed by atoms with Gasteiger partial charge in [-0.25, -0.2) is 0 Å². The highest BCUT2D eigenvalue weighted by molar-refractivity contribution is 7.07. The molecule has 1 aliphatic carbocycles. The second-order valence-corrected chi connectivity index (χ2v) is 6.21. The molecule has 0 aromatic carbocycles. The van der Waals surface area contributed by atoms with Gasteiger partial charge in [-0.15, -0.1) is 0 Å². The molecule has 4 nitrogen and oxygen atoms in total. The molecule has 1 saturated carbocycles. The maximum atomic E-state index is 9.98. The molecule has 2 heterocycles. The summed E-state index contributed by atoms with van der Waals surface area (Å²) >= 11 is 1.61. The summed E-state index contributed by atoms with van der Waals surface area (Å²) in [6.07, 6.45) is 6.81. The summed E-state index contributed by atoms with van der Waals surface area (Å²) in [5.41, 5.74) is 2.04. The normalized spacial score (nSPS) is 17.6. The van der Waals surface area contributed by atoms with E-state index in [-0.39, 0.29) is 0 Å². The fraction of sp³-hybridized carbons (Fsp3) is 0.533. The Hall–Kier alpha value is -1.17. The number of nitrogens with zero attached hydrogens (tertiary/aromatic N) is 2. The maximum absolute atomic E-state index is 9.98. The van der Waals surface area contributed by atoms with E-state index in [1.54, 1.807) is 11.3 Å². The Labute approximate surface area is 123 Å². The summed E-state index contributed by atoms with van der Waals surface area (Å²) in [5, 5.41) is 21.9. The quantitative estimate of drug-likeness (QED) is 0.860. The van der Waals surface area contributed by atoms with Crippen LogP contribution in [0.25, 0.3) is 0 Å². The molecule has 2 N–H and O–H groups in total. The second kappa shape index (κ2) is 6.52. The van der Waals surface area contributed by atoms with Gasteiger partial charge in [0.2, 0.25) is 0 Å². The predicted octanol–water partition coefficient (Wildman–Crippen LogP) is 2.88. The van der Waals surface area contributed by atoms with Gasteiger partial charge >= 0.3 is 0 Å². The van der Waals surface area contributed by atoms with Crippen LogP contribution in [-0.4, -0.2) is 21.4 Å². The van der Waals surface area contributed by atoms with Crippen LogP contribution in [-0.2, 0) is 6.54 Å². The zero-order valence-electron chi connectivity index (χ0n) is 11.5. The first-order chi connectivity index (χ1) is 9.83. The third-order valence-electron chi connectivity index (χ3n) is 3.93. The Morgan fingerprint density at radius 3 is 3.00 bits per heavy atom. The van der Waals surface area contributed by atoms with E-state index < -0.39 is 6.10 Å². The summed E-state index contributed by atoms with van der Waals surface area (Å²) in [5.74, 6) is 0. The van der Waals surface area contributed by atoms with E-state index in [4.69, 9.17) is 0 Å². The smallest absolute Gasteiger partial charge is 0.0922 e. The number of hydrogen-bond acceptors (Lipinski definition) is 4. The van der Waals surface area contributed by atoms with E-state index in [0.717, 1.165) is 11.3 Å². The molecule has 108 valence electrons. The van der Waals surface area contributed by atoms with Gasteiger partial charge in [0, 0.05) is 19.3 Å². The zero-order valence-corrected chi connectivity index (χ0v) is 12.4. The summed E-state index contributed by atoms with van der Waals surface area (Å²) in [6, 6.07) is 4.63. The van der Waals surface area contributed by atoms with E-state index in [9.17, 15) is 5.11 Å². The van der Waals surface area contributed by atoms with E-state index in [1.165, 1.54) is 25.7 Å². The molecule has 0 bridgehead atoms. The maximum Gasteiger partial charge on any atom is 0.0922 e. The fourth-order valence-corrected chi connectivity index (χ4v) is 3.47. The van der Waals surface area contributed by atoms with Crippen LogP contribution >= 0.6 is 11.3 Å². The van der Waals surface area contributed by atoms with Crippen molar-refractivity contribution in [3.8, 4) is 0 Å². The van der Waals surface area contributed by atoms with E-state index in [0.29, 0.717) is 19.1 Å². The van der Waals surface area contributed by atoms with Crippen molar-refractivity contribution < 1.29 is 5.11 Å². The monoisotopic (exact) mass is 291 g/mol. The van der Waals surface area contributed by atoms with Crippen molar-refractivity contribution in [3.05, 3.63) is 40.3 Å². The average molecular weight is 291 g/mol. The van der Waals surface area contributed by atoms with E-state index in [2.05, 4.69) is 27.4 Å². The molecule has 3 rings (SSSR count).